The largest absolute Gasteiger partial charge is 0.208 e. The molecular formula is C8H12N4. The van der Waals surface area contributed by atoms with E-state index < -0.39 is 0 Å². The molecule has 64 valence electrons. The van der Waals surface area contributed by atoms with E-state index >= 15 is 0 Å². The molecule has 0 N–H and O–H groups in total. The molecule has 0 aromatic carbocycles. The summed E-state index contributed by atoms with van der Waals surface area (Å²) in [4.78, 5) is 0. The highest BCUT2D eigenvalue weighted by Gasteiger charge is 2.26. The molecule has 0 spiro atoms. The van der Waals surface area contributed by atoms with E-state index in [2.05, 4.69) is 22.2 Å². The van der Waals surface area contributed by atoms with Gasteiger partial charge in [-0.25, -0.2) is 4.68 Å². The Morgan fingerprint density at radius 2 is 2.17 bits per heavy atom. The minimum atomic E-state index is 0.734. The first-order chi connectivity index (χ1) is 5.90. The Labute approximate surface area is 71.3 Å². The van der Waals surface area contributed by atoms with E-state index in [9.17, 15) is 0 Å². The zero-order valence-electron chi connectivity index (χ0n) is 7.14. The maximum absolute atomic E-state index is 4.41. The second-order valence-corrected chi connectivity index (χ2v) is 3.06. The Balaban J connectivity index is 2.14. The number of hydrogen-bond donors (Lipinski definition) is 0. The molecule has 2 rings (SSSR count). The molecule has 0 atom stereocenters. The van der Waals surface area contributed by atoms with E-state index in [-0.39, 0.29) is 0 Å². The van der Waals surface area contributed by atoms with Gasteiger partial charge in [0.25, 0.3) is 0 Å². The Morgan fingerprint density at radius 1 is 1.50 bits per heavy atom. The third-order valence-electron chi connectivity index (χ3n) is 2.06. The Hall–Kier alpha value is -1.19. The van der Waals surface area contributed by atoms with Gasteiger partial charge in [0.15, 0.2) is 0 Å². The zero-order valence-corrected chi connectivity index (χ0v) is 7.14. The van der Waals surface area contributed by atoms with Gasteiger partial charge in [0.2, 0.25) is 0 Å². The fourth-order valence-electron chi connectivity index (χ4n) is 1.25. The molecule has 1 aliphatic carbocycles. The lowest BCUT2D eigenvalue weighted by atomic mass is 10.2. The zero-order chi connectivity index (χ0) is 8.39. The summed E-state index contributed by atoms with van der Waals surface area (Å²) in [5.41, 5.74) is 1.27. The van der Waals surface area contributed by atoms with Crippen LogP contribution in [0.4, 0.5) is 0 Å². The van der Waals surface area contributed by atoms with Gasteiger partial charge < -0.3 is 0 Å². The molecule has 1 aromatic heterocycles. The average Bonchev–Trinajstić information content (AvgIpc) is 2.80. The van der Waals surface area contributed by atoms with Gasteiger partial charge in [-0.2, -0.15) is 5.10 Å². The fraction of sp³-hybridized carbons (Fsp3) is 0.625. The second-order valence-electron chi connectivity index (χ2n) is 3.06. The lowest BCUT2D eigenvalue weighted by Crippen LogP contribution is -2.01. The molecule has 0 radical (unpaired) electrons. The van der Waals surface area contributed by atoms with Crippen LogP contribution < -0.4 is 0 Å². The molecule has 0 amide bonds. The topological polar surface area (TPSA) is 43.1 Å². The quantitative estimate of drug-likeness (QED) is 0.632. The molecule has 0 unspecified atom stereocenters. The molecule has 4 nitrogen and oxygen atoms in total. The maximum Gasteiger partial charge on any atom is 0.141 e. The first-order valence-electron chi connectivity index (χ1n) is 4.32. The maximum atomic E-state index is 4.41. The predicted octanol–water partition coefficient (Wildman–Crippen LogP) is 1.30. The van der Waals surface area contributed by atoms with Crippen molar-refractivity contribution in [1.29, 1.82) is 0 Å². The summed E-state index contributed by atoms with van der Waals surface area (Å²) in [6.45, 7) is 2.14. The highest BCUT2D eigenvalue weighted by atomic mass is 15.4. The summed E-state index contributed by atoms with van der Waals surface area (Å²) in [7, 11) is 0. The van der Waals surface area contributed by atoms with E-state index in [1.165, 1.54) is 18.6 Å². The van der Waals surface area contributed by atoms with Crippen molar-refractivity contribution in [2.24, 2.45) is 11.0 Å². The standard InChI is InChI=1S/C8H12N4/c1-2-8(7-3-4-7)11-12-5-9-10-6-12/h5-7H,2-4H2,1H3/b11-8-. The van der Waals surface area contributed by atoms with Crippen molar-refractivity contribution < 1.29 is 0 Å². The Bertz CT molecular complexity index is 271. The van der Waals surface area contributed by atoms with Crippen molar-refractivity contribution in [2.45, 2.75) is 26.2 Å². The third-order valence-corrected chi connectivity index (χ3v) is 2.06. The molecule has 1 aromatic rings. The van der Waals surface area contributed by atoms with Crippen LogP contribution in [0.3, 0.4) is 0 Å². The third kappa shape index (κ3) is 1.52. The molecular weight excluding hydrogens is 152 g/mol. The SMILES string of the molecule is CC/C(=N/n1cnnc1)C1CC1. The summed E-state index contributed by atoms with van der Waals surface area (Å²) in [6, 6.07) is 0. The van der Waals surface area contributed by atoms with E-state index in [0.29, 0.717) is 0 Å². The molecule has 0 bridgehead atoms. The molecule has 1 saturated carbocycles. The minimum absolute atomic E-state index is 0.734. The van der Waals surface area contributed by atoms with E-state index in [1.807, 2.05) is 0 Å². The lowest BCUT2D eigenvalue weighted by molar-refractivity contribution is 0.847. The van der Waals surface area contributed by atoms with Crippen molar-refractivity contribution in [3.63, 3.8) is 0 Å². The summed E-state index contributed by atoms with van der Waals surface area (Å²) >= 11 is 0. The van der Waals surface area contributed by atoms with Crippen molar-refractivity contribution in [1.82, 2.24) is 14.9 Å². The Kier molecular flexibility index (Phi) is 1.89. The number of nitrogens with zero attached hydrogens (tertiary/aromatic N) is 4. The first kappa shape index (κ1) is 7.46. The van der Waals surface area contributed by atoms with Crippen LogP contribution in [0.1, 0.15) is 26.2 Å². The van der Waals surface area contributed by atoms with Crippen LogP contribution in [0.2, 0.25) is 0 Å². The van der Waals surface area contributed by atoms with Crippen LogP contribution in [-0.2, 0) is 0 Å². The minimum Gasteiger partial charge on any atom is -0.208 e. The molecule has 1 fully saturated rings. The van der Waals surface area contributed by atoms with Crippen molar-refractivity contribution in [3.8, 4) is 0 Å². The van der Waals surface area contributed by atoms with Gasteiger partial charge in [0.05, 0.1) is 0 Å². The Morgan fingerprint density at radius 3 is 2.67 bits per heavy atom. The molecule has 1 aliphatic rings. The van der Waals surface area contributed by atoms with Gasteiger partial charge in [-0.15, -0.1) is 10.2 Å². The monoisotopic (exact) mass is 164 g/mol. The molecule has 12 heavy (non-hydrogen) atoms. The number of hydrogen-bond acceptors (Lipinski definition) is 3. The van der Waals surface area contributed by atoms with Crippen molar-refractivity contribution >= 4 is 5.71 Å². The predicted molar refractivity (Wildman–Crippen MR) is 45.9 cm³/mol. The smallest absolute Gasteiger partial charge is 0.141 e. The van der Waals surface area contributed by atoms with E-state index in [4.69, 9.17) is 0 Å². The summed E-state index contributed by atoms with van der Waals surface area (Å²) in [5.74, 6) is 0.734. The molecule has 0 saturated heterocycles. The van der Waals surface area contributed by atoms with E-state index in [0.717, 1.165) is 12.3 Å². The number of aromatic nitrogens is 3. The summed E-state index contributed by atoms with van der Waals surface area (Å²) < 4.78 is 1.68. The van der Waals surface area contributed by atoms with Gasteiger partial charge in [-0.05, 0) is 25.2 Å². The van der Waals surface area contributed by atoms with Gasteiger partial charge in [-0.1, -0.05) is 6.92 Å². The lowest BCUT2D eigenvalue weighted by Gasteiger charge is -1.98. The highest BCUT2D eigenvalue weighted by Crippen LogP contribution is 2.31. The fourth-order valence-corrected chi connectivity index (χ4v) is 1.25. The molecule has 4 heteroatoms. The normalized spacial score (nSPS) is 18.2. The van der Waals surface area contributed by atoms with Gasteiger partial charge in [0.1, 0.15) is 12.7 Å². The average molecular weight is 164 g/mol. The first-order valence-corrected chi connectivity index (χ1v) is 4.32. The van der Waals surface area contributed by atoms with Crippen molar-refractivity contribution in [2.75, 3.05) is 0 Å². The molecule has 0 aliphatic heterocycles. The van der Waals surface area contributed by atoms with Crippen molar-refractivity contribution in [3.05, 3.63) is 12.7 Å². The van der Waals surface area contributed by atoms with E-state index in [1.54, 1.807) is 17.3 Å². The van der Waals surface area contributed by atoms with Crippen LogP contribution in [0.5, 0.6) is 0 Å². The summed E-state index contributed by atoms with van der Waals surface area (Å²) in [5, 5.41) is 11.8. The second kappa shape index (κ2) is 3.05. The summed E-state index contributed by atoms with van der Waals surface area (Å²) in [6.07, 6.45) is 6.88. The van der Waals surface area contributed by atoms with Crippen LogP contribution in [0.15, 0.2) is 17.8 Å². The van der Waals surface area contributed by atoms with Crippen LogP contribution in [0.25, 0.3) is 0 Å². The number of rotatable bonds is 3. The van der Waals surface area contributed by atoms with Gasteiger partial charge in [0, 0.05) is 5.71 Å². The van der Waals surface area contributed by atoms with Crippen LogP contribution in [0, 0.1) is 5.92 Å². The highest BCUT2D eigenvalue weighted by molar-refractivity contribution is 5.88. The van der Waals surface area contributed by atoms with Gasteiger partial charge >= 0.3 is 0 Å². The van der Waals surface area contributed by atoms with Crippen LogP contribution >= 0.6 is 0 Å². The van der Waals surface area contributed by atoms with Crippen LogP contribution in [-0.4, -0.2) is 20.6 Å². The molecule has 1 heterocycles. The van der Waals surface area contributed by atoms with Gasteiger partial charge in [-0.3, -0.25) is 0 Å².